The fourth-order valence-corrected chi connectivity index (χ4v) is 4.66. The van der Waals surface area contributed by atoms with Gasteiger partial charge < -0.3 is 10.3 Å². The normalized spacial score (nSPS) is 19.4. The maximum atomic E-state index is 6.21. The number of fused-ring (bicyclic) bond motifs is 1. The molecule has 0 aliphatic heterocycles. The molecule has 0 saturated heterocycles. The van der Waals surface area contributed by atoms with Crippen LogP contribution in [-0.2, 0) is 12.8 Å². The van der Waals surface area contributed by atoms with Crippen molar-refractivity contribution in [3.63, 3.8) is 0 Å². The molecule has 2 heterocycles. The lowest BCUT2D eigenvalue weighted by Gasteiger charge is -2.10. The van der Waals surface area contributed by atoms with Gasteiger partial charge in [0.05, 0.1) is 10.6 Å². The molecule has 4 nitrogen and oxygen atoms in total. The highest BCUT2D eigenvalue weighted by Gasteiger charge is 2.27. The lowest BCUT2D eigenvalue weighted by atomic mass is 9.95. The molecule has 0 atom stereocenters. The van der Waals surface area contributed by atoms with Crippen LogP contribution in [0.1, 0.15) is 60.7 Å². The third-order valence-electron chi connectivity index (χ3n) is 4.57. The van der Waals surface area contributed by atoms with Gasteiger partial charge in [0.1, 0.15) is 0 Å². The second kappa shape index (κ2) is 4.88. The van der Waals surface area contributed by atoms with Gasteiger partial charge >= 0.3 is 0 Å². The van der Waals surface area contributed by atoms with E-state index in [0.717, 1.165) is 29.2 Å². The van der Waals surface area contributed by atoms with Crippen LogP contribution in [0.2, 0.25) is 0 Å². The molecule has 1 saturated carbocycles. The molecular formula is C15H19N3OS. The Morgan fingerprint density at radius 1 is 1.10 bits per heavy atom. The Labute approximate surface area is 122 Å². The van der Waals surface area contributed by atoms with Crippen molar-refractivity contribution < 1.29 is 4.52 Å². The topological polar surface area (TPSA) is 64.9 Å². The monoisotopic (exact) mass is 289 g/mol. The molecule has 2 N–H and O–H groups in total. The summed E-state index contributed by atoms with van der Waals surface area (Å²) in [6, 6.07) is 0. The van der Waals surface area contributed by atoms with Crippen LogP contribution < -0.4 is 5.73 Å². The first-order valence-corrected chi connectivity index (χ1v) is 8.38. The molecule has 0 bridgehead atoms. The molecule has 2 aromatic rings. The molecule has 20 heavy (non-hydrogen) atoms. The van der Waals surface area contributed by atoms with Gasteiger partial charge in [-0.1, -0.05) is 18.0 Å². The maximum Gasteiger partial charge on any atom is 0.261 e. The quantitative estimate of drug-likeness (QED) is 0.910. The molecule has 4 rings (SSSR count). The minimum absolute atomic E-state index is 0.489. The van der Waals surface area contributed by atoms with Crippen molar-refractivity contribution in [1.29, 1.82) is 0 Å². The molecule has 5 heteroatoms. The average molecular weight is 289 g/mol. The summed E-state index contributed by atoms with van der Waals surface area (Å²) in [6.45, 7) is 0. The van der Waals surface area contributed by atoms with E-state index in [-0.39, 0.29) is 0 Å². The second-order valence-corrected chi connectivity index (χ2v) is 7.03. The Kier molecular flexibility index (Phi) is 3.02. The van der Waals surface area contributed by atoms with Crippen LogP contribution >= 0.6 is 11.3 Å². The first-order valence-electron chi connectivity index (χ1n) is 7.57. The summed E-state index contributed by atoms with van der Waals surface area (Å²) < 4.78 is 5.53. The molecule has 0 unspecified atom stereocenters. The summed E-state index contributed by atoms with van der Waals surface area (Å²) in [6.07, 6.45) is 9.69. The number of rotatable bonds is 2. The van der Waals surface area contributed by atoms with Gasteiger partial charge in [-0.15, -0.1) is 11.3 Å². The van der Waals surface area contributed by atoms with E-state index in [9.17, 15) is 0 Å². The Morgan fingerprint density at radius 3 is 2.75 bits per heavy atom. The highest BCUT2D eigenvalue weighted by molar-refractivity contribution is 7.16. The summed E-state index contributed by atoms with van der Waals surface area (Å²) in [5.41, 5.74) is 8.60. The second-order valence-electron chi connectivity index (χ2n) is 5.89. The molecule has 0 radical (unpaired) electrons. The van der Waals surface area contributed by atoms with Crippen molar-refractivity contribution in [3.05, 3.63) is 16.3 Å². The van der Waals surface area contributed by atoms with Gasteiger partial charge in [-0.05, 0) is 44.1 Å². The summed E-state index contributed by atoms with van der Waals surface area (Å²) >= 11 is 1.70. The predicted molar refractivity (Wildman–Crippen MR) is 79.9 cm³/mol. The maximum absolute atomic E-state index is 6.21. The van der Waals surface area contributed by atoms with Crippen LogP contribution in [0.5, 0.6) is 0 Å². The van der Waals surface area contributed by atoms with Gasteiger partial charge in [-0.3, -0.25) is 0 Å². The first-order chi connectivity index (χ1) is 9.83. The highest BCUT2D eigenvalue weighted by Crippen LogP contribution is 2.42. The predicted octanol–water partition coefficient (Wildman–Crippen LogP) is 3.92. The number of hydrogen-bond acceptors (Lipinski definition) is 5. The fourth-order valence-electron chi connectivity index (χ4n) is 3.51. The third-order valence-corrected chi connectivity index (χ3v) is 5.70. The molecule has 0 spiro atoms. The lowest BCUT2D eigenvalue weighted by Crippen LogP contribution is -2.00. The van der Waals surface area contributed by atoms with Crippen LogP contribution in [0.15, 0.2) is 4.52 Å². The summed E-state index contributed by atoms with van der Waals surface area (Å²) in [5.74, 6) is 2.01. The number of anilines is 1. The highest BCUT2D eigenvalue weighted by atomic mass is 32.1. The van der Waals surface area contributed by atoms with Crippen LogP contribution in [0.25, 0.3) is 11.5 Å². The van der Waals surface area contributed by atoms with E-state index in [0.29, 0.717) is 11.8 Å². The zero-order valence-corrected chi connectivity index (χ0v) is 12.3. The largest absolute Gasteiger partial charge is 0.390 e. The molecule has 0 aromatic carbocycles. The standard InChI is InChI=1S/C15H19N3OS/c16-13-12(10-7-3-4-8-11(10)20-13)15-17-14(18-19-15)9-5-1-2-6-9/h9H,1-8,16H2. The molecule has 1 fully saturated rings. The van der Waals surface area contributed by atoms with Gasteiger partial charge in [-0.25, -0.2) is 0 Å². The number of nitrogen functional groups attached to an aromatic ring is 1. The van der Waals surface area contributed by atoms with E-state index in [2.05, 4.69) is 10.1 Å². The Hall–Kier alpha value is -1.36. The number of aromatic nitrogens is 2. The number of nitrogens with zero attached hydrogens (tertiary/aromatic N) is 2. The number of aryl methyl sites for hydroxylation is 1. The minimum Gasteiger partial charge on any atom is -0.390 e. The Bertz CT molecular complexity index is 625. The van der Waals surface area contributed by atoms with Gasteiger partial charge in [0, 0.05) is 10.8 Å². The number of hydrogen-bond donors (Lipinski definition) is 1. The van der Waals surface area contributed by atoms with Crippen LogP contribution in [0.4, 0.5) is 5.00 Å². The molecule has 0 amide bonds. The summed E-state index contributed by atoms with van der Waals surface area (Å²) in [7, 11) is 0. The van der Waals surface area contributed by atoms with Gasteiger partial charge in [-0.2, -0.15) is 4.98 Å². The zero-order valence-electron chi connectivity index (χ0n) is 11.5. The van der Waals surface area contributed by atoms with E-state index >= 15 is 0 Å². The average Bonchev–Trinajstić information content (AvgIpc) is 3.16. The third kappa shape index (κ3) is 1.95. The van der Waals surface area contributed by atoms with Crippen molar-refractivity contribution in [2.45, 2.75) is 57.3 Å². The smallest absolute Gasteiger partial charge is 0.261 e. The van der Waals surface area contributed by atoms with Gasteiger partial charge in [0.15, 0.2) is 5.82 Å². The van der Waals surface area contributed by atoms with Gasteiger partial charge in [0.25, 0.3) is 5.89 Å². The first kappa shape index (κ1) is 12.4. The Morgan fingerprint density at radius 2 is 1.90 bits per heavy atom. The van der Waals surface area contributed by atoms with Crippen molar-refractivity contribution in [2.75, 3.05) is 5.73 Å². The van der Waals surface area contributed by atoms with Crippen molar-refractivity contribution in [2.24, 2.45) is 0 Å². The summed E-state index contributed by atoms with van der Waals surface area (Å²) in [4.78, 5) is 6.07. The molecule has 2 aromatic heterocycles. The van der Waals surface area contributed by atoms with E-state index in [1.54, 1.807) is 11.3 Å². The summed E-state index contributed by atoms with van der Waals surface area (Å²) in [5, 5.41) is 5.05. The Balaban J connectivity index is 1.72. The van der Waals surface area contributed by atoms with Crippen molar-refractivity contribution >= 4 is 16.3 Å². The van der Waals surface area contributed by atoms with Crippen LogP contribution in [-0.4, -0.2) is 10.1 Å². The number of thiophene rings is 1. The van der Waals surface area contributed by atoms with E-state index < -0.39 is 0 Å². The van der Waals surface area contributed by atoms with E-state index in [1.165, 1.54) is 49.0 Å². The van der Waals surface area contributed by atoms with Crippen molar-refractivity contribution in [3.8, 4) is 11.5 Å². The van der Waals surface area contributed by atoms with Gasteiger partial charge in [0.2, 0.25) is 0 Å². The zero-order chi connectivity index (χ0) is 13.5. The number of nitrogens with two attached hydrogens (primary N) is 1. The fraction of sp³-hybridized carbons (Fsp3) is 0.600. The van der Waals surface area contributed by atoms with Crippen molar-refractivity contribution in [1.82, 2.24) is 10.1 Å². The van der Waals surface area contributed by atoms with E-state index in [4.69, 9.17) is 10.3 Å². The van der Waals surface area contributed by atoms with Crippen LogP contribution in [0.3, 0.4) is 0 Å². The lowest BCUT2D eigenvalue weighted by molar-refractivity contribution is 0.415. The molecule has 2 aliphatic rings. The van der Waals surface area contributed by atoms with E-state index in [1.807, 2.05) is 0 Å². The molecule has 2 aliphatic carbocycles. The van der Waals surface area contributed by atoms with Crippen LogP contribution in [0, 0.1) is 0 Å². The molecule has 106 valence electrons. The minimum atomic E-state index is 0.489. The molecular weight excluding hydrogens is 270 g/mol. The SMILES string of the molecule is Nc1sc2c(c1-c1nc(C3CCCC3)no1)CCCC2.